The number of carbonyl (C=O) groups excluding carboxylic acids is 2. The van der Waals surface area contributed by atoms with Gasteiger partial charge in [0.25, 0.3) is 11.6 Å². The SMILES string of the molecule is NCc1ccc(N2C(=O)C3C=CC([C@@H](O)c4cc(C(F)(F)F)cc(C(F)(F)F)c4)N(Nc4ccc([N+](=O)[O-])cc4)[C@@H]3C2=O)cc1. The first kappa shape index (κ1) is 31.6. The zero-order valence-electron chi connectivity index (χ0n) is 22.8. The van der Waals surface area contributed by atoms with Gasteiger partial charge in [0.1, 0.15) is 6.04 Å². The number of halogens is 6. The van der Waals surface area contributed by atoms with Gasteiger partial charge < -0.3 is 16.3 Å². The highest BCUT2D eigenvalue weighted by molar-refractivity contribution is 6.24. The molecule has 0 bridgehead atoms. The van der Waals surface area contributed by atoms with Crippen LogP contribution in [0.5, 0.6) is 0 Å². The Bertz CT molecular complexity index is 1630. The van der Waals surface area contributed by atoms with Crippen LogP contribution in [-0.4, -0.2) is 38.9 Å². The molecule has 5 rings (SSSR count). The van der Waals surface area contributed by atoms with Crippen molar-refractivity contribution in [2.45, 2.75) is 37.1 Å². The van der Waals surface area contributed by atoms with Crippen LogP contribution in [0.1, 0.15) is 28.4 Å². The second-order valence-electron chi connectivity index (χ2n) is 10.3. The molecule has 0 aliphatic carbocycles. The monoisotopic (exact) mass is 635 g/mol. The molecule has 2 heterocycles. The Morgan fingerprint density at radius 3 is 1.98 bits per heavy atom. The van der Waals surface area contributed by atoms with Crippen LogP contribution >= 0.6 is 0 Å². The van der Waals surface area contributed by atoms with Crippen LogP contribution in [0.15, 0.2) is 78.9 Å². The number of hydrogen-bond acceptors (Lipinski definition) is 8. The van der Waals surface area contributed by atoms with Gasteiger partial charge in [-0.3, -0.25) is 19.7 Å². The molecule has 10 nitrogen and oxygen atoms in total. The number of imide groups is 1. The zero-order valence-corrected chi connectivity index (χ0v) is 22.8. The number of aliphatic hydroxyl groups excluding tert-OH is 1. The Morgan fingerprint density at radius 1 is 0.889 bits per heavy atom. The number of nitro groups is 1. The Morgan fingerprint density at radius 2 is 1.47 bits per heavy atom. The number of carbonyl (C=O) groups is 2. The van der Waals surface area contributed by atoms with Crippen LogP contribution in [0, 0.1) is 16.0 Å². The van der Waals surface area contributed by atoms with Crippen molar-refractivity contribution in [2.24, 2.45) is 11.7 Å². The van der Waals surface area contributed by atoms with Crippen LogP contribution < -0.4 is 16.1 Å². The standard InChI is InChI=1S/C29H23F6N5O5/c30-28(31,32)17-11-16(12-18(13-17)29(33,34)35)25(41)23-10-9-22-24(39(23)37-19-3-7-21(8-4-19)40(44)45)27(43)38(26(22)42)20-5-1-15(14-36)2-6-20/h1-13,22-25,37,41H,14,36H2/t22?,23?,24-,25-/m0/s1. The number of hydrazine groups is 1. The summed E-state index contributed by atoms with van der Waals surface area (Å²) in [5.41, 5.74) is 5.05. The van der Waals surface area contributed by atoms with Gasteiger partial charge in [-0.1, -0.05) is 24.3 Å². The van der Waals surface area contributed by atoms with Crippen LogP contribution in [0.3, 0.4) is 0 Å². The molecule has 1 saturated heterocycles. The summed E-state index contributed by atoms with van der Waals surface area (Å²) in [7, 11) is 0. The van der Waals surface area contributed by atoms with Gasteiger partial charge in [0.2, 0.25) is 5.91 Å². The fourth-order valence-electron chi connectivity index (χ4n) is 5.26. The number of anilines is 2. The molecule has 0 spiro atoms. The summed E-state index contributed by atoms with van der Waals surface area (Å²) in [6.45, 7) is 0.189. The summed E-state index contributed by atoms with van der Waals surface area (Å²) in [5, 5.41) is 23.5. The molecule has 2 aliphatic heterocycles. The van der Waals surface area contributed by atoms with E-state index >= 15 is 0 Å². The van der Waals surface area contributed by atoms with E-state index in [1.54, 1.807) is 12.1 Å². The lowest BCUT2D eigenvalue weighted by molar-refractivity contribution is -0.384. The summed E-state index contributed by atoms with van der Waals surface area (Å²) in [4.78, 5) is 38.6. The molecule has 16 heteroatoms. The summed E-state index contributed by atoms with van der Waals surface area (Å²) in [5.74, 6) is -2.65. The third-order valence-electron chi connectivity index (χ3n) is 7.50. The molecule has 236 valence electrons. The van der Waals surface area contributed by atoms with Gasteiger partial charge in [-0.15, -0.1) is 0 Å². The van der Waals surface area contributed by atoms with E-state index in [2.05, 4.69) is 5.43 Å². The molecule has 3 aromatic carbocycles. The third kappa shape index (κ3) is 6.11. The minimum absolute atomic E-state index is 0.0805. The lowest BCUT2D eigenvalue weighted by atomic mass is 9.89. The van der Waals surface area contributed by atoms with Gasteiger partial charge in [0.15, 0.2) is 0 Å². The highest BCUT2D eigenvalue weighted by Crippen LogP contribution is 2.41. The Hall–Kier alpha value is -4.80. The molecular formula is C29H23F6N5O5. The number of amides is 2. The molecule has 3 aromatic rings. The van der Waals surface area contributed by atoms with Crippen LogP contribution in [-0.2, 0) is 28.5 Å². The van der Waals surface area contributed by atoms with Crippen molar-refractivity contribution < 1.29 is 46.0 Å². The average Bonchev–Trinajstić information content (AvgIpc) is 3.25. The van der Waals surface area contributed by atoms with Crippen molar-refractivity contribution in [2.75, 3.05) is 10.3 Å². The first-order chi connectivity index (χ1) is 21.1. The summed E-state index contributed by atoms with van der Waals surface area (Å²) in [6.07, 6.45) is -10.00. The van der Waals surface area contributed by atoms with Crippen LogP contribution in [0.4, 0.5) is 43.4 Å². The maximum absolute atomic E-state index is 13.8. The van der Waals surface area contributed by atoms with Gasteiger partial charge in [-0.05, 0) is 53.6 Å². The number of fused-ring (bicyclic) bond motifs is 1. The van der Waals surface area contributed by atoms with E-state index in [1.165, 1.54) is 36.4 Å². The number of benzene rings is 3. The van der Waals surface area contributed by atoms with Crippen molar-refractivity contribution in [1.29, 1.82) is 0 Å². The highest BCUT2D eigenvalue weighted by atomic mass is 19.4. The number of hydrogen-bond donors (Lipinski definition) is 3. The number of nitro benzene ring substituents is 1. The largest absolute Gasteiger partial charge is 0.416 e. The Labute approximate surface area is 250 Å². The smallest absolute Gasteiger partial charge is 0.386 e. The van der Waals surface area contributed by atoms with E-state index in [1.807, 2.05) is 0 Å². The third-order valence-corrected chi connectivity index (χ3v) is 7.50. The van der Waals surface area contributed by atoms with E-state index in [-0.39, 0.29) is 29.7 Å². The predicted molar refractivity (Wildman–Crippen MR) is 147 cm³/mol. The quantitative estimate of drug-likeness (QED) is 0.109. The molecular weight excluding hydrogens is 612 g/mol. The average molecular weight is 636 g/mol. The molecule has 1 fully saturated rings. The topological polar surface area (TPSA) is 142 Å². The number of nitrogens with two attached hydrogens (primary N) is 1. The molecule has 0 saturated carbocycles. The lowest BCUT2D eigenvalue weighted by Crippen LogP contribution is -2.55. The number of nitrogens with zero attached hydrogens (tertiary/aromatic N) is 3. The second kappa shape index (κ2) is 11.6. The van der Waals surface area contributed by atoms with Crippen molar-refractivity contribution in [3.63, 3.8) is 0 Å². The molecule has 4 atom stereocenters. The minimum atomic E-state index is -5.19. The molecule has 2 unspecified atom stereocenters. The van der Waals surface area contributed by atoms with Crippen LogP contribution in [0.2, 0.25) is 0 Å². The number of aliphatic hydroxyl groups is 1. The van der Waals surface area contributed by atoms with Crippen LogP contribution in [0.25, 0.3) is 0 Å². The Balaban J connectivity index is 1.58. The lowest BCUT2D eigenvalue weighted by Gasteiger charge is -2.40. The van der Waals surface area contributed by atoms with Crippen molar-refractivity contribution >= 4 is 28.9 Å². The number of rotatable bonds is 7. The van der Waals surface area contributed by atoms with Gasteiger partial charge in [0, 0.05) is 24.4 Å². The van der Waals surface area contributed by atoms with E-state index in [9.17, 15) is 51.2 Å². The van der Waals surface area contributed by atoms with Gasteiger partial charge in [0.05, 0.1) is 39.8 Å². The van der Waals surface area contributed by atoms with Crippen molar-refractivity contribution in [3.05, 3.63) is 111 Å². The van der Waals surface area contributed by atoms with E-state index in [0.29, 0.717) is 17.7 Å². The first-order valence-electron chi connectivity index (χ1n) is 13.2. The summed E-state index contributed by atoms with van der Waals surface area (Å²) in [6, 6.07) is 8.61. The second-order valence-corrected chi connectivity index (χ2v) is 10.3. The minimum Gasteiger partial charge on any atom is -0.386 e. The number of nitrogens with one attached hydrogen (secondary N) is 1. The number of non-ortho nitro benzene ring substituents is 1. The predicted octanol–water partition coefficient (Wildman–Crippen LogP) is 4.95. The van der Waals surface area contributed by atoms with Gasteiger partial charge in [-0.25, -0.2) is 9.91 Å². The molecule has 2 aliphatic rings. The normalized spacial score (nSPS) is 21.2. The van der Waals surface area contributed by atoms with E-state index in [4.69, 9.17) is 5.73 Å². The first-order valence-corrected chi connectivity index (χ1v) is 13.2. The zero-order chi connectivity index (χ0) is 32.8. The van der Waals surface area contributed by atoms with E-state index in [0.717, 1.165) is 22.0 Å². The number of alkyl halides is 6. The molecule has 2 amide bonds. The summed E-state index contributed by atoms with van der Waals surface area (Å²) < 4.78 is 81.5. The molecule has 45 heavy (non-hydrogen) atoms. The maximum Gasteiger partial charge on any atom is 0.416 e. The fraction of sp³-hybridized carbons (Fsp3) is 0.241. The highest BCUT2D eigenvalue weighted by Gasteiger charge is 2.54. The molecule has 0 aromatic heterocycles. The fourth-order valence-corrected chi connectivity index (χ4v) is 5.26. The van der Waals surface area contributed by atoms with Gasteiger partial charge >= 0.3 is 12.4 Å². The van der Waals surface area contributed by atoms with Gasteiger partial charge in [-0.2, -0.15) is 26.3 Å². The van der Waals surface area contributed by atoms with E-state index < -0.39 is 69.9 Å². The Kier molecular flexibility index (Phi) is 8.16. The molecule has 0 radical (unpaired) electrons. The van der Waals surface area contributed by atoms with Crippen molar-refractivity contribution in [3.8, 4) is 0 Å². The van der Waals surface area contributed by atoms with Crippen molar-refractivity contribution in [1.82, 2.24) is 5.01 Å². The summed E-state index contributed by atoms with van der Waals surface area (Å²) >= 11 is 0. The molecule has 4 N–H and O–H groups in total. The maximum atomic E-state index is 13.8.